The number of hydrogen-bond donors (Lipinski definition) is 2. The van der Waals surface area contributed by atoms with E-state index in [0.717, 1.165) is 12.3 Å². The third-order valence-corrected chi connectivity index (χ3v) is 2.70. The highest BCUT2D eigenvalue weighted by Gasteiger charge is 2.02. The number of aliphatic imine (C=N–C) groups is 1. The minimum absolute atomic E-state index is 0. The van der Waals surface area contributed by atoms with Gasteiger partial charge in [0.2, 0.25) is 5.89 Å². The molecule has 0 aliphatic carbocycles. The fraction of sp³-hybridized carbons (Fsp3) is 0.400. The first-order chi connectivity index (χ1) is 10.8. The zero-order valence-electron chi connectivity index (χ0n) is 13.3. The summed E-state index contributed by atoms with van der Waals surface area (Å²) < 4.78 is 10.5. The van der Waals surface area contributed by atoms with Gasteiger partial charge >= 0.3 is 0 Å². The van der Waals surface area contributed by atoms with Gasteiger partial charge in [-0.2, -0.15) is 4.98 Å². The molecule has 0 spiro atoms. The topological polar surface area (TPSA) is 84.6 Å². The van der Waals surface area contributed by atoms with Crippen molar-refractivity contribution < 1.29 is 9.26 Å². The molecule has 8 heteroatoms. The fourth-order valence-electron chi connectivity index (χ4n) is 1.75. The van der Waals surface area contributed by atoms with E-state index in [0.29, 0.717) is 37.4 Å². The van der Waals surface area contributed by atoms with E-state index < -0.39 is 0 Å². The lowest BCUT2D eigenvalue weighted by molar-refractivity contribution is 0.322. The summed E-state index contributed by atoms with van der Waals surface area (Å²) in [5.74, 6) is 2.66. The molecule has 0 radical (unpaired) electrons. The number of aryl methyl sites for hydroxylation is 1. The summed E-state index contributed by atoms with van der Waals surface area (Å²) in [5, 5.41) is 10.2. The van der Waals surface area contributed by atoms with Crippen LogP contribution in [-0.2, 0) is 6.54 Å². The van der Waals surface area contributed by atoms with E-state index in [1.165, 1.54) is 0 Å². The van der Waals surface area contributed by atoms with Crippen LogP contribution in [0.1, 0.15) is 18.6 Å². The maximum Gasteiger partial charge on any atom is 0.223 e. The van der Waals surface area contributed by atoms with Crippen LogP contribution in [0.4, 0.5) is 0 Å². The monoisotopic (exact) mass is 431 g/mol. The van der Waals surface area contributed by atoms with Crippen molar-refractivity contribution in [2.24, 2.45) is 4.99 Å². The summed E-state index contributed by atoms with van der Waals surface area (Å²) in [5.41, 5.74) is 0. The summed E-state index contributed by atoms with van der Waals surface area (Å²) in [6, 6.07) is 9.71. The largest absolute Gasteiger partial charge is 0.492 e. The van der Waals surface area contributed by atoms with Crippen molar-refractivity contribution in [1.82, 2.24) is 20.8 Å². The lowest BCUT2D eigenvalue weighted by Crippen LogP contribution is -2.39. The van der Waals surface area contributed by atoms with Crippen LogP contribution in [0.3, 0.4) is 0 Å². The van der Waals surface area contributed by atoms with Gasteiger partial charge < -0.3 is 19.9 Å². The number of aromatic nitrogens is 2. The van der Waals surface area contributed by atoms with Crippen LogP contribution in [0.25, 0.3) is 0 Å². The maximum absolute atomic E-state index is 5.62. The van der Waals surface area contributed by atoms with E-state index in [-0.39, 0.29) is 24.0 Å². The zero-order valence-corrected chi connectivity index (χ0v) is 15.6. The van der Waals surface area contributed by atoms with E-state index in [4.69, 9.17) is 9.26 Å². The summed E-state index contributed by atoms with van der Waals surface area (Å²) in [7, 11) is 0. The van der Waals surface area contributed by atoms with Gasteiger partial charge in [0.05, 0.1) is 6.54 Å². The molecule has 0 saturated carbocycles. The first-order valence-corrected chi connectivity index (χ1v) is 7.27. The summed E-state index contributed by atoms with van der Waals surface area (Å²) in [4.78, 5) is 8.51. The van der Waals surface area contributed by atoms with Crippen LogP contribution in [0.2, 0.25) is 0 Å². The van der Waals surface area contributed by atoms with Crippen LogP contribution in [0.15, 0.2) is 39.8 Å². The highest BCUT2D eigenvalue weighted by molar-refractivity contribution is 14.0. The molecule has 0 aliphatic heterocycles. The van der Waals surface area contributed by atoms with Crippen LogP contribution >= 0.6 is 24.0 Å². The van der Waals surface area contributed by atoms with Crippen molar-refractivity contribution in [2.45, 2.75) is 20.4 Å². The molecule has 0 bridgehead atoms. The van der Waals surface area contributed by atoms with Crippen LogP contribution in [-0.4, -0.2) is 35.8 Å². The van der Waals surface area contributed by atoms with Gasteiger partial charge in [-0.1, -0.05) is 23.4 Å². The Kier molecular flexibility index (Phi) is 9.03. The average Bonchev–Trinajstić information content (AvgIpc) is 2.95. The van der Waals surface area contributed by atoms with Gasteiger partial charge in [0.1, 0.15) is 18.9 Å². The lowest BCUT2D eigenvalue weighted by Gasteiger charge is -2.11. The van der Waals surface area contributed by atoms with Gasteiger partial charge in [0.15, 0.2) is 11.8 Å². The highest BCUT2D eigenvalue weighted by Crippen LogP contribution is 2.07. The molecule has 0 saturated heterocycles. The van der Waals surface area contributed by atoms with Crippen molar-refractivity contribution in [3.8, 4) is 5.75 Å². The average molecular weight is 431 g/mol. The normalized spacial score (nSPS) is 10.8. The van der Waals surface area contributed by atoms with Gasteiger partial charge in [-0.05, 0) is 19.1 Å². The van der Waals surface area contributed by atoms with E-state index in [9.17, 15) is 0 Å². The van der Waals surface area contributed by atoms with Gasteiger partial charge in [-0.25, -0.2) is 4.99 Å². The van der Waals surface area contributed by atoms with Crippen molar-refractivity contribution in [3.63, 3.8) is 0 Å². The molecule has 7 nitrogen and oxygen atoms in total. The third-order valence-electron chi connectivity index (χ3n) is 2.70. The van der Waals surface area contributed by atoms with Crippen LogP contribution < -0.4 is 15.4 Å². The number of halogens is 1. The third kappa shape index (κ3) is 7.31. The molecule has 1 aromatic carbocycles. The molecule has 126 valence electrons. The molecular weight excluding hydrogens is 409 g/mol. The Morgan fingerprint density at radius 1 is 1.26 bits per heavy atom. The summed E-state index contributed by atoms with van der Waals surface area (Å²) in [6.07, 6.45) is 0. The van der Waals surface area contributed by atoms with Gasteiger partial charge in [-0.15, -0.1) is 24.0 Å². The molecule has 1 heterocycles. The van der Waals surface area contributed by atoms with Crippen molar-refractivity contribution in [3.05, 3.63) is 42.0 Å². The summed E-state index contributed by atoms with van der Waals surface area (Å²) in [6.45, 7) is 6.10. The molecule has 0 fully saturated rings. The van der Waals surface area contributed by atoms with Gasteiger partial charge in [0.25, 0.3) is 0 Å². The van der Waals surface area contributed by atoms with Gasteiger partial charge in [-0.3, -0.25) is 0 Å². The first-order valence-electron chi connectivity index (χ1n) is 7.27. The van der Waals surface area contributed by atoms with Crippen LogP contribution in [0, 0.1) is 6.92 Å². The SMILES string of the molecule is CCNC(=NCc1noc(C)n1)NCCOc1ccccc1.I. The molecule has 2 aromatic rings. The maximum atomic E-state index is 5.62. The number of guanidine groups is 1. The second kappa shape index (κ2) is 10.8. The minimum atomic E-state index is 0. The van der Waals surface area contributed by atoms with Gasteiger partial charge in [0, 0.05) is 13.5 Å². The number of ether oxygens (including phenoxy) is 1. The molecule has 0 aliphatic rings. The predicted molar refractivity (Wildman–Crippen MR) is 99.2 cm³/mol. The Hall–Kier alpha value is -1.84. The summed E-state index contributed by atoms with van der Waals surface area (Å²) >= 11 is 0. The van der Waals surface area contributed by atoms with Crippen molar-refractivity contribution in [1.29, 1.82) is 0 Å². The standard InChI is InChI=1S/C15H21N5O2.HI/c1-3-16-15(18-11-14-19-12(2)22-20-14)17-9-10-21-13-7-5-4-6-8-13;/h4-8H,3,9-11H2,1-2H3,(H2,16,17,18);1H. The number of rotatable bonds is 7. The number of para-hydroxylation sites is 1. The number of hydrogen-bond acceptors (Lipinski definition) is 5. The predicted octanol–water partition coefficient (Wildman–Crippen LogP) is 2.13. The molecule has 0 unspecified atom stereocenters. The minimum Gasteiger partial charge on any atom is -0.492 e. The van der Waals surface area contributed by atoms with E-state index in [1.54, 1.807) is 6.92 Å². The first kappa shape index (κ1) is 19.2. The highest BCUT2D eigenvalue weighted by atomic mass is 127. The molecule has 23 heavy (non-hydrogen) atoms. The molecule has 2 rings (SSSR count). The Bertz CT molecular complexity index is 589. The second-order valence-corrected chi connectivity index (χ2v) is 4.51. The Morgan fingerprint density at radius 2 is 2.04 bits per heavy atom. The molecule has 1 aromatic heterocycles. The van der Waals surface area contributed by atoms with E-state index in [2.05, 4.69) is 25.8 Å². The lowest BCUT2D eigenvalue weighted by atomic mass is 10.3. The number of nitrogens with one attached hydrogen (secondary N) is 2. The quantitative estimate of drug-likeness (QED) is 0.303. The van der Waals surface area contributed by atoms with Crippen molar-refractivity contribution >= 4 is 29.9 Å². The molecular formula is C15H22IN5O2. The van der Waals surface area contributed by atoms with E-state index >= 15 is 0 Å². The molecule has 0 amide bonds. The van der Waals surface area contributed by atoms with Crippen molar-refractivity contribution in [2.75, 3.05) is 19.7 Å². The van der Waals surface area contributed by atoms with Crippen LogP contribution in [0.5, 0.6) is 5.75 Å². The second-order valence-electron chi connectivity index (χ2n) is 4.51. The van der Waals surface area contributed by atoms with E-state index in [1.807, 2.05) is 37.3 Å². The number of nitrogens with zero attached hydrogens (tertiary/aromatic N) is 3. The Balaban J connectivity index is 0.00000264. The molecule has 0 atom stereocenters. The Labute approximate surface area is 152 Å². The fourth-order valence-corrected chi connectivity index (χ4v) is 1.75. The smallest absolute Gasteiger partial charge is 0.223 e. The zero-order chi connectivity index (χ0) is 15.6. The Morgan fingerprint density at radius 3 is 2.70 bits per heavy atom. The number of benzene rings is 1. The molecule has 2 N–H and O–H groups in total.